The van der Waals surface area contributed by atoms with Gasteiger partial charge in [-0.25, -0.2) is 8.78 Å². The van der Waals surface area contributed by atoms with Gasteiger partial charge in [-0.2, -0.15) is 0 Å². The summed E-state index contributed by atoms with van der Waals surface area (Å²) < 4.78 is 32.1. The van der Waals surface area contributed by atoms with E-state index in [0.29, 0.717) is 32.2 Å². The van der Waals surface area contributed by atoms with Gasteiger partial charge in [-0.1, -0.05) is 6.07 Å². The molecule has 0 radical (unpaired) electrons. The summed E-state index contributed by atoms with van der Waals surface area (Å²) in [5.41, 5.74) is 1.85. The number of aromatic amines is 1. The Morgan fingerprint density at radius 2 is 2.03 bits per heavy atom. The number of hydrogen-bond donors (Lipinski definition) is 3. The first kappa shape index (κ1) is 21.8. The van der Waals surface area contributed by atoms with Crippen molar-refractivity contribution in [3.8, 4) is 5.75 Å². The van der Waals surface area contributed by atoms with E-state index in [-0.39, 0.29) is 29.8 Å². The predicted octanol–water partition coefficient (Wildman–Crippen LogP) is 3.74. The highest BCUT2D eigenvalue weighted by Crippen LogP contribution is 2.31. The van der Waals surface area contributed by atoms with E-state index < -0.39 is 11.4 Å². The predicted molar refractivity (Wildman–Crippen MR) is 116 cm³/mol. The number of benzene rings is 2. The molecule has 1 atom stereocenters. The third kappa shape index (κ3) is 4.90. The second kappa shape index (κ2) is 8.98. The molecule has 1 aromatic heterocycles. The second-order valence-corrected chi connectivity index (χ2v) is 8.28. The maximum Gasteiger partial charge on any atom is 0.220 e. The van der Waals surface area contributed by atoms with Crippen LogP contribution < -0.4 is 15.4 Å². The van der Waals surface area contributed by atoms with Crippen LogP contribution in [-0.4, -0.2) is 29.4 Å². The Bertz CT molecular complexity index is 1160. The van der Waals surface area contributed by atoms with E-state index in [1.54, 1.807) is 24.3 Å². The van der Waals surface area contributed by atoms with Crippen LogP contribution in [0.25, 0.3) is 10.9 Å². The van der Waals surface area contributed by atoms with Gasteiger partial charge in [0, 0.05) is 35.0 Å². The molecule has 3 N–H and O–H groups in total. The van der Waals surface area contributed by atoms with Crippen LogP contribution in [0.2, 0.25) is 0 Å². The first-order chi connectivity index (χ1) is 15.4. The highest BCUT2D eigenvalue weighted by molar-refractivity contribution is 5.81. The molecule has 1 aliphatic rings. The van der Waals surface area contributed by atoms with Crippen molar-refractivity contribution < 1.29 is 23.1 Å². The molecule has 1 fully saturated rings. The van der Waals surface area contributed by atoms with Crippen molar-refractivity contribution in [1.29, 1.82) is 0 Å². The van der Waals surface area contributed by atoms with Gasteiger partial charge in [0.1, 0.15) is 5.82 Å². The number of fused-ring (bicyclic) bond motifs is 1. The maximum absolute atomic E-state index is 13.7. The van der Waals surface area contributed by atoms with E-state index in [4.69, 9.17) is 4.74 Å². The van der Waals surface area contributed by atoms with Crippen LogP contribution in [0.5, 0.6) is 5.75 Å². The third-order valence-corrected chi connectivity index (χ3v) is 5.94. The average Bonchev–Trinajstić information content (AvgIpc) is 3.35. The molecule has 6 nitrogen and oxygen atoms in total. The van der Waals surface area contributed by atoms with Gasteiger partial charge in [-0.05, 0) is 61.2 Å². The van der Waals surface area contributed by atoms with Gasteiger partial charge in [-0.3, -0.25) is 9.59 Å². The van der Waals surface area contributed by atoms with Gasteiger partial charge >= 0.3 is 0 Å². The molecule has 0 aliphatic carbocycles. The molecule has 1 aliphatic heterocycles. The summed E-state index contributed by atoms with van der Waals surface area (Å²) in [5.74, 6) is -0.801. The number of methoxy groups -OCH3 is 1. The lowest BCUT2D eigenvalue weighted by Gasteiger charge is -2.29. The van der Waals surface area contributed by atoms with Crippen molar-refractivity contribution in [2.45, 2.75) is 44.2 Å². The van der Waals surface area contributed by atoms with Crippen molar-refractivity contribution in [2.75, 3.05) is 7.11 Å². The largest absolute Gasteiger partial charge is 0.494 e. The lowest BCUT2D eigenvalue weighted by molar-refractivity contribution is -0.122. The van der Waals surface area contributed by atoms with Crippen LogP contribution in [0.3, 0.4) is 0 Å². The number of halogens is 2. The number of rotatable bonds is 8. The van der Waals surface area contributed by atoms with Crippen LogP contribution in [0.4, 0.5) is 8.78 Å². The summed E-state index contributed by atoms with van der Waals surface area (Å²) in [4.78, 5) is 27.6. The van der Waals surface area contributed by atoms with Crippen molar-refractivity contribution in [1.82, 2.24) is 15.6 Å². The molecule has 0 bridgehead atoms. The third-order valence-electron chi connectivity index (χ3n) is 5.94. The summed E-state index contributed by atoms with van der Waals surface area (Å²) in [5, 5.41) is 6.64. The summed E-state index contributed by atoms with van der Waals surface area (Å²) >= 11 is 0. The zero-order valence-electron chi connectivity index (χ0n) is 17.8. The van der Waals surface area contributed by atoms with E-state index in [0.717, 1.165) is 22.2 Å². The van der Waals surface area contributed by atoms with Crippen molar-refractivity contribution in [2.24, 2.45) is 0 Å². The lowest BCUT2D eigenvalue weighted by atomic mass is 9.85. The fourth-order valence-corrected chi connectivity index (χ4v) is 4.28. The van der Waals surface area contributed by atoms with Crippen molar-refractivity contribution >= 4 is 22.7 Å². The first-order valence-corrected chi connectivity index (χ1v) is 10.5. The fraction of sp³-hybridized carbons (Fsp3) is 0.333. The second-order valence-electron chi connectivity index (χ2n) is 8.28. The van der Waals surface area contributed by atoms with Gasteiger partial charge in [0.25, 0.3) is 0 Å². The Hall–Kier alpha value is -3.42. The zero-order valence-corrected chi connectivity index (χ0v) is 17.8. The summed E-state index contributed by atoms with van der Waals surface area (Å²) in [6.07, 6.45) is 2.17. The standard InChI is InChI=1S/C24H25F2N3O3/c1-32-21-10-15(2-4-19(21)26)13-24(9-7-23(31)29-24)8-6-22(30)27-14-18-12-16-11-17(25)3-5-20(16)28-18/h2-5,10-12,28H,6-9,13-14H2,1H3,(H,27,30)(H,29,31)/t24-/m1/s1. The maximum atomic E-state index is 13.7. The topological polar surface area (TPSA) is 83.2 Å². The highest BCUT2D eigenvalue weighted by Gasteiger charge is 2.38. The number of carbonyl (C=O) groups excluding carboxylic acids is 2. The molecule has 3 aromatic rings. The zero-order chi connectivity index (χ0) is 22.7. The minimum Gasteiger partial charge on any atom is -0.494 e. The number of aromatic nitrogens is 1. The van der Waals surface area contributed by atoms with E-state index in [9.17, 15) is 18.4 Å². The lowest BCUT2D eigenvalue weighted by Crippen LogP contribution is -2.44. The molecule has 0 saturated carbocycles. The monoisotopic (exact) mass is 441 g/mol. The molecule has 168 valence electrons. The van der Waals surface area contributed by atoms with Gasteiger partial charge in [0.2, 0.25) is 11.8 Å². The quantitative estimate of drug-likeness (QED) is 0.498. The molecule has 2 aromatic carbocycles. The molecule has 0 unspecified atom stereocenters. The van der Waals surface area contributed by atoms with Gasteiger partial charge in [0.15, 0.2) is 11.6 Å². The van der Waals surface area contributed by atoms with Crippen LogP contribution in [0, 0.1) is 11.6 Å². The summed E-state index contributed by atoms with van der Waals surface area (Å²) in [7, 11) is 1.41. The normalized spacial score (nSPS) is 18.0. The van der Waals surface area contributed by atoms with Crippen molar-refractivity contribution in [3.05, 3.63) is 65.4 Å². The SMILES string of the molecule is COc1cc(C[C@@]2(CCC(=O)NCc3cc4cc(F)ccc4[nH]3)CCC(=O)N2)ccc1F. The van der Waals surface area contributed by atoms with Gasteiger partial charge < -0.3 is 20.4 Å². The number of carbonyl (C=O) groups is 2. The molecule has 4 rings (SSSR count). The van der Waals surface area contributed by atoms with Crippen LogP contribution in [0.1, 0.15) is 36.9 Å². The van der Waals surface area contributed by atoms with E-state index in [1.165, 1.54) is 25.3 Å². The molecular formula is C24H25F2N3O3. The Labute approximate surface area is 184 Å². The first-order valence-electron chi connectivity index (χ1n) is 10.5. The van der Waals surface area contributed by atoms with Gasteiger partial charge in [-0.15, -0.1) is 0 Å². The fourth-order valence-electron chi connectivity index (χ4n) is 4.28. The number of amides is 2. The molecule has 0 spiro atoms. The van der Waals surface area contributed by atoms with Crippen molar-refractivity contribution in [3.63, 3.8) is 0 Å². The van der Waals surface area contributed by atoms with E-state index in [1.807, 2.05) is 0 Å². The smallest absolute Gasteiger partial charge is 0.220 e. The minimum atomic E-state index is -0.560. The molecule has 8 heteroatoms. The highest BCUT2D eigenvalue weighted by atomic mass is 19.1. The summed E-state index contributed by atoms with van der Waals surface area (Å²) in [6, 6.07) is 10.9. The molecule has 2 heterocycles. The Morgan fingerprint density at radius 3 is 2.78 bits per heavy atom. The van der Waals surface area contributed by atoms with E-state index >= 15 is 0 Å². The van der Waals surface area contributed by atoms with Crippen LogP contribution in [-0.2, 0) is 22.6 Å². The molecule has 2 amide bonds. The number of nitrogens with one attached hydrogen (secondary N) is 3. The van der Waals surface area contributed by atoms with Gasteiger partial charge in [0.05, 0.1) is 13.7 Å². The Balaban J connectivity index is 1.37. The number of hydrogen-bond acceptors (Lipinski definition) is 3. The summed E-state index contributed by atoms with van der Waals surface area (Å²) in [6.45, 7) is 0.295. The molecular weight excluding hydrogens is 416 g/mol. The number of H-pyrrole nitrogens is 1. The minimum absolute atomic E-state index is 0.0511. The van der Waals surface area contributed by atoms with Crippen LogP contribution in [0.15, 0.2) is 42.5 Å². The molecule has 1 saturated heterocycles. The van der Waals surface area contributed by atoms with E-state index in [2.05, 4.69) is 15.6 Å². The Kier molecular flexibility index (Phi) is 6.12. The number of ether oxygens (including phenoxy) is 1. The average molecular weight is 441 g/mol. The van der Waals surface area contributed by atoms with Crippen LogP contribution >= 0.6 is 0 Å². The molecule has 32 heavy (non-hydrogen) atoms. The Morgan fingerprint density at radius 1 is 1.19 bits per heavy atom.